The van der Waals surface area contributed by atoms with Crippen molar-refractivity contribution < 1.29 is 20.4 Å². The molecule has 0 unspecified atom stereocenters. The van der Waals surface area contributed by atoms with Crippen molar-refractivity contribution in [2.45, 2.75) is 0 Å². The molecule has 5 nitrogen and oxygen atoms in total. The van der Waals surface area contributed by atoms with Crippen molar-refractivity contribution in [1.82, 2.24) is 4.98 Å². The number of nitrogens with zero attached hydrogens (tertiary/aromatic N) is 1. The molecule has 3 rings (SSSR count). The van der Waals surface area contributed by atoms with Crippen LogP contribution in [0.5, 0.6) is 23.0 Å². The van der Waals surface area contributed by atoms with Crippen molar-refractivity contribution in [2.24, 2.45) is 0 Å². The Morgan fingerprint density at radius 1 is 0.714 bits per heavy atom. The van der Waals surface area contributed by atoms with E-state index in [2.05, 4.69) is 4.98 Å². The molecule has 106 valence electrons. The topological polar surface area (TPSA) is 93.8 Å². The molecular weight excluding hydrogens is 290 g/mol. The van der Waals surface area contributed by atoms with Gasteiger partial charge in [0.05, 0.1) is 4.88 Å². The van der Waals surface area contributed by atoms with Gasteiger partial charge in [0.1, 0.15) is 5.01 Å². The normalized spacial score (nSPS) is 10.7. The lowest BCUT2D eigenvalue weighted by molar-refractivity contribution is 0.404. The van der Waals surface area contributed by atoms with E-state index >= 15 is 0 Å². The maximum Gasteiger partial charge on any atom is 0.158 e. The lowest BCUT2D eigenvalue weighted by atomic mass is 10.2. The summed E-state index contributed by atoms with van der Waals surface area (Å²) in [6, 6.07) is 9.05. The van der Waals surface area contributed by atoms with Crippen LogP contribution in [0.2, 0.25) is 0 Å². The molecule has 6 heteroatoms. The first kappa shape index (κ1) is 13.3. The van der Waals surface area contributed by atoms with Crippen molar-refractivity contribution in [1.29, 1.82) is 0 Å². The fourth-order valence-electron chi connectivity index (χ4n) is 1.87. The monoisotopic (exact) mass is 301 g/mol. The predicted octanol–water partition coefficient (Wildman–Crippen LogP) is 3.30. The second-order valence-corrected chi connectivity index (χ2v) is 5.47. The second kappa shape index (κ2) is 4.99. The Morgan fingerprint density at radius 2 is 1.29 bits per heavy atom. The van der Waals surface area contributed by atoms with Gasteiger partial charge in [0.15, 0.2) is 23.0 Å². The van der Waals surface area contributed by atoms with Crippen LogP contribution in [0.25, 0.3) is 21.0 Å². The lowest BCUT2D eigenvalue weighted by Gasteiger charge is -2.01. The van der Waals surface area contributed by atoms with Crippen LogP contribution in [-0.2, 0) is 0 Å². The summed E-state index contributed by atoms with van der Waals surface area (Å²) in [6.45, 7) is 0. The largest absolute Gasteiger partial charge is 0.504 e. The third-order valence-corrected chi connectivity index (χ3v) is 4.08. The first-order valence-corrected chi connectivity index (χ1v) is 6.87. The molecule has 21 heavy (non-hydrogen) atoms. The van der Waals surface area contributed by atoms with E-state index in [9.17, 15) is 20.4 Å². The van der Waals surface area contributed by atoms with Crippen LogP contribution in [0.15, 0.2) is 42.6 Å². The minimum absolute atomic E-state index is 0.174. The highest BCUT2D eigenvalue weighted by atomic mass is 32.1. The van der Waals surface area contributed by atoms with E-state index in [1.165, 1.54) is 35.6 Å². The molecule has 0 spiro atoms. The fraction of sp³-hybridized carbons (Fsp3) is 0. The molecule has 3 aromatic rings. The van der Waals surface area contributed by atoms with Gasteiger partial charge in [0.25, 0.3) is 0 Å². The first-order chi connectivity index (χ1) is 10.0. The third kappa shape index (κ3) is 2.48. The molecule has 1 aromatic heterocycles. The lowest BCUT2D eigenvalue weighted by Crippen LogP contribution is -1.75. The number of hydrogen-bond donors (Lipinski definition) is 4. The summed E-state index contributed by atoms with van der Waals surface area (Å²) in [5.41, 5.74) is 1.42. The van der Waals surface area contributed by atoms with Gasteiger partial charge in [-0.05, 0) is 42.0 Å². The van der Waals surface area contributed by atoms with Crippen LogP contribution >= 0.6 is 11.3 Å². The molecule has 0 aliphatic rings. The van der Waals surface area contributed by atoms with Gasteiger partial charge >= 0.3 is 0 Å². The van der Waals surface area contributed by atoms with Crippen LogP contribution < -0.4 is 0 Å². The number of rotatable bonds is 2. The molecule has 0 radical (unpaired) electrons. The van der Waals surface area contributed by atoms with Crippen LogP contribution in [0.4, 0.5) is 0 Å². The molecule has 0 aliphatic carbocycles. The van der Waals surface area contributed by atoms with Crippen LogP contribution in [-0.4, -0.2) is 25.4 Å². The predicted molar refractivity (Wildman–Crippen MR) is 79.6 cm³/mol. The Morgan fingerprint density at radius 3 is 1.90 bits per heavy atom. The average molecular weight is 301 g/mol. The van der Waals surface area contributed by atoms with E-state index in [4.69, 9.17) is 0 Å². The number of hydrogen-bond acceptors (Lipinski definition) is 6. The zero-order chi connectivity index (χ0) is 15.0. The highest BCUT2D eigenvalue weighted by Crippen LogP contribution is 2.37. The highest BCUT2D eigenvalue weighted by Gasteiger charge is 2.10. The standard InChI is InChI=1S/C15H11NO4S/c17-10-3-1-8(5-12(10)19)14-7-16-15(21-14)9-2-4-11(18)13(20)6-9/h1-7,17-20H. The van der Waals surface area contributed by atoms with E-state index in [0.717, 1.165) is 10.4 Å². The summed E-state index contributed by atoms with van der Waals surface area (Å²) in [4.78, 5) is 5.08. The number of thiazole rings is 1. The van der Waals surface area contributed by atoms with Crippen molar-refractivity contribution in [2.75, 3.05) is 0 Å². The summed E-state index contributed by atoms with van der Waals surface area (Å²) in [7, 11) is 0. The van der Waals surface area contributed by atoms with Crippen LogP contribution in [0.3, 0.4) is 0 Å². The second-order valence-electron chi connectivity index (χ2n) is 4.44. The van der Waals surface area contributed by atoms with E-state index in [1.807, 2.05) is 0 Å². The minimum Gasteiger partial charge on any atom is -0.504 e. The summed E-state index contributed by atoms with van der Waals surface area (Å²) in [5.74, 6) is -0.748. The molecule has 0 fully saturated rings. The quantitative estimate of drug-likeness (QED) is 0.545. The molecule has 0 saturated heterocycles. The van der Waals surface area contributed by atoms with E-state index < -0.39 is 0 Å². The average Bonchev–Trinajstić information content (AvgIpc) is 2.94. The van der Waals surface area contributed by atoms with Gasteiger partial charge in [-0.15, -0.1) is 11.3 Å². The number of benzene rings is 2. The number of aromatic hydroxyl groups is 4. The molecule has 0 amide bonds. The molecule has 1 heterocycles. The Hall–Kier alpha value is -2.73. The van der Waals surface area contributed by atoms with Gasteiger partial charge in [0, 0.05) is 11.8 Å². The molecule has 0 aliphatic heterocycles. The summed E-state index contributed by atoms with van der Waals surface area (Å²) < 4.78 is 0. The SMILES string of the molecule is Oc1ccc(-c2cnc(-c3ccc(O)c(O)c3)s2)cc1O. The molecule has 0 atom stereocenters. The number of phenolic OH excluding ortho intramolecular Hbond substituents is 4. The maximum absolute atomic E-state index is 9.53. The van der Waals surface area contributed by atoms with Gasteiger partial charge in [0.2, 0.25) is 0 Å². The van der Waals surface area contributed by atoms with Gasteiger partial charge in [-0.3, -0.25) is 0 Å². The number of aromatic nitrogens is 1. The van der Waals surface area contributed by atoms with E-state index in [0.29, 0.717) is 10.6 Å². The van der Waals surface area contributed by atoms with Crippen molar-refractivity contribution in [3.8, 4) is 44.0 Å². The molecule has 0 saturated carbocycles. The summed E-state index contributed by atoms with van der Waals surface area (Å²) in [6.07, 6.45) is 1.65. The molecule has 2 aromatic carbocycles. The van der Waals surface area contributed by atoms with E-state index in [-0.39, 0.29) is 23.0 Å². The van der Waals surface area contributed by atoms with Crippen molar-refractivity contribution >= 4 is 11.3 Å². The first-order valence-electron chi connectivity index (χ1n) is 6.05. The highest BCUT2D eigenvalue weighted by molar-refractivity contribution is 7.18. The Labute approximate surface area is 124 Å². The summed E-state index contributed by atoms with van der Waals surface area (Å²) >= 11 is 1.37. The van der Waals surface area contributed by atoms with Gasteiger partial charge in [-0.2, -0.15) is 0 Å². The number of phenols is 4. The Bertz CT molecular complexity index is 747. The fourth-order valence-corrected chi connectivity index (χ4v) is 2.78. The molecular formula is C15H11NO4S. The van der Waals surface area contributed by atoms with Crippen molar-refractivity contribution in [3.05, 3.63) is 42.6 Å². The maximum atomic E-state index is 9.53. The minimum atomic E-state index is -0.202. The zero-order valence-electron chi connectivity index (χ0n) is 10.7. The Kier molecular flexibility index (Phi) is 3.15. The van der Waals surface area contributed by atoms with Crippen LogP contribution in [0, 0.1) is 0 Å². The van der Waals surface area contributed by atoms with Crippen LogP contribution in [0.1, 0.15) is 0 Å². The summed E-state index contributed by atoms with van der Waals surface area (Å²) in [5, 5.41) is 38.3. The molecule has 0 bridgehead atoms. The van der Waals surface area contributed by atoms with Gasteiger partial charge < -0.3 is 20.4 Å². The van der Waals surface area contributed by atoms with E-state index in [1.54, 1.807) is 18.3 Å². The Balaban J connectivity index is 1.99. The smallest absolute Gasteiger partial charge is 0.158 e. The zero-order valence-corrected chi connectivity index (χ0v) is 11.5. The molecule has 4 N–H and O–H groups in total. The third-order valence-electron chi connectivity index (χ3n) is 2.99. The van der Waals surface area contributed by atoms with Gasteiger partial charge in [-0.1, -0.05) is 0 Å². The van der Waals surface area contributed by atoms with Gasteiger partial charge in [-0.25, -0.2) is 4.98 Å². The van der Waals surface area contributed by atoms with Crippen molar-refractivity contribution in [3.63, 3.8) is 0 Å².